The van der Waals surface area contributed by atoms with Gasteiger partial charge < -0.3 is 16.2 Å². The van der Waals surface area contributed by atoms with E-state index in [4.69, 9.17) is 10.8 Å². The maximum absolute atomic E-state index is 11.8. The van der Waals surface area contributed by atoms with E-state index in [1.54, 1.807) is 0 Å². The molecule has 1 aliphatic carbocycles. The predicted octanol–water partition coefficient (Wildman–Crippen LogP) is 1.57. The summed E-state index contributed by atoms with van der Waals surface area (Å²) in [6.07, 6.45) is 8.55. The van der Waals surface area contributed by atoms with Crippen LogP contribution in [0.3, 0.4) is 0 Å². The molecule has 0 saturated heterocycles. The van der Waals surface area contributed by atoms with E-state index in [1.165, 1.54) is 32.1 Å². The molecule has 1 fully saturated rings. The van der Waals surface area contributed by atoms with Crippen LogP contribution >= 0.6 is 0 Å². The van der Waals surface area contributed by atoms with Gasteiger partial charge in [-0.3, -0.25) is 9.59 Å². The predicted molar refractivity (Wildman–Crippen MR) is 78.4 cm³/mol. The fourth-order valence-electron chi connectivity index (χ4n) is 2.84. The van der Waals surface area contributed by atoms with Crippen LogP contribution in [0.4, 0.5) is 0 Å². The summed E-state index contributed by atoms with van der Waals surface area (Å²) >= 11 is 0. The number of nitrogens with one attached hydrogen (secondary N) is 1. The largest absolute Gasteiger partial charge is 0.480 e. The van der Waals surface area contributed by atoms with Gasteiger partial charge in [0.25, 0.3) is 0 Å². The molecule has 21 heavy (non-hydrogen) atoms. The molecular formula is C15H26N2O4. The highest BCUT2D eigenvalue weighted by Crippen LogP contribution is 2.27. The number of hydrogen-bond donors (Lipinski definition) is 3. The standard InChI is InChI=1S/C15H26N2O4/c16-13(18)10-9-12(15(20)21)17-14(19)8-4-7-11-5-2-1-3-6-11/h11-12H,1-10H2,(H2,16,18)(H,17,19)(H,20,21)/t12-/m1/s1. The summed E-state index contributed by atoms with van der Waals surface area (Å²) < 4.78 is 0. The third-order valence-corrected chi connectivity index (χ3v) is 4.05. The van der Waals surface area contributed by atoms with Crippen LogP contribution in [0.1, 0.15) is 64.2 Å². The molecule has 2 amide bonds. The van der Waals surface area contributed by atoms with E-state index in [9.17, 15) is 14.4 Å². The van der Waals surface area contributed by atoms with Crippen LogP contribution in [0.2, 0.25) is 0 Å². The highest BCUT2D eigenvalue weighted by Gasteiger charge is 2.20. The number of carbonyl (C=O) groups excluding carboxylic acids is 2. The van der Waals surface area contributed by atoms with Crippen LogP contribution in [0.15, 0.2) is 0 Å². The number of carboxylic acids is 1. The number of carbonyl (C=O) groups is 3. The van der Waals surface area contributed by atoms with Crippen LogP contribution < -0.4 is 11.1 Å². The number of nitrogens with two attached hydrogens (primary N) is 1. The van der Waals surface area contributed by atoms with Crippen molar-refractivity contribution < 1.29 is 19.5 Å². The van der Waals surface area contributed by atoms with Crippen molar-refractivity contribution in [1.29, 1.82) is 0 Å². The topological polar surface area (TPSA) is 109 Å². The average Bonchev–Trinajstić information content (AvgIpc) is 2.44. The van der Waals surface area contributed by atoms with E-state index in [2.05, 4.69) is 5.32 Å². The lowest BCUT2D eigenvalue weighted by atomic mass is 9.86. The molecule has 0 unspecified atom stereocenters. The summed E-state index contributed by atoms with van der Waals surface area (Å²) in [4.78, 5) is 33.4. The Balaban J connectivity index is 2.22. The molecule has 6 heteroatoms. The normalized spacial score (nSPS) is 17.1. The molecular weight excluding hydrogens is 272 g/mol. The minimum Gasteiger partial charge on any atom is -0.480 e. The number of aliphatic carboxylic acids is 1. The highest BCUT2D eigenvalue weighted by atomic mass is 16.4. The summed E-state index contributed by atoms with van der Waals surface area (Å²) in [7, 11) is 0. The van der Waals surface area contributed by atoms with Crippen LogP contribution in [0.5, 0.6) is 0 Å². The number of primary amides is 1. The zero-order chi connectivity index (χ0) is 15.7. The van der Waals surface area contributed by atoms with Crippen molar-refractivity contribution in [2.45, 2.75) is 70.3 Å². The van der Waals surface area contributed by atoms with Gasteiger partial charge in [-0.1, -0.05) is 32.1 Å². The van der Waals surface area contributed by atoms with E-state index in [0.29, 0.717) is 6.42 Å². The van der Waals surface area contributed by atoms with Gasteiger partial charge >= 0.3 is 5.97 Å². The average molecular weight is 298 g/mol. The molecule has 1 aliphatic rings. The zero-order valence-electron chi connectivity index (χ0n) is 12.5. The van der Waals surface area contributed by atoms with Gasteiger partial charge in [0.1, 0.15) is 6.04 Å². The molecule has 1 saturated carbocycles. The van der Waals surface area contributed by atoms with E-state index in [1.807, 2.05) is 0 Å². The molecule has 0 aromatic heterocycles. The summed E-state index contributed by atoms with van der Waals surface area (Å²) in [5.74, 6) is -1.23. The Bertz CT molecular complexity index is 365. The van der Waals surface area contributed by atoms with Gasteiger partial charge in [0.2, 0.25) is 11.8 Å². The molecule has 0 aromatic carbocycles. The Kier molecular flexibility index (Phi) is 7.79. The Labute approximate surface area is 125 Å². The maximum Gasteiger partial charge on any atom is 0.326 e. The molecule has 0 spiro atoms. The second kappa shape index (κ2) is 9.37. The van der Waals surface area contributed by atoms with E-state index in [0.717, 1.165) is 18.8 Å². The number of carboxylic acid groups (broad SMARTS) is 1. The van der Waals surface area contributed by atoms with Gasteiger partial charge in [-0.25, -0.2) is 4.79 Å². The van der Waals surface area contributed by atoms with E-state index < -0.39 is 17.9 Å². The zero-order valence-corrected chi connectivity index (χ0v) is 12.5. The highest BCUT2D eigenvalue weighted by molar-refractivity contribution is 5.84. The van der Waals surface area contributed by atoms with Crippen molar-refractivity contribution in [1.82, 2.24) is 5.32 Å². The van der Waals surface area contributed by atoms with Gasteiger partial charge in [-0.15, -0.1) is 0 Å². The van der Waals surface area contributed by atoms with E-state index in [-0.39, 0.29) is 18.7 Å². The molecule has 1 atom stereocenters. The fraction of sp³-hybridized carbons (Fsp3) is 0.800. The lowest BCUT2D eigenvalue weighted by Crippen LogP contribution is -2.41. The van der Waals surface area contributed by atoms with Crippen LogP contribution in [0.25, 0.3) is 0 Å². The summed E-state index contributed by atoms with van der Waals surface area (Å²) in [5.41, 5.74) is 4.99. The number of rotatable bonds is 9. The molecule has 0 radical (unpaired) electrons. The first-order valence-corrected chi connectivity index (χ1v) is 7.79. The number of hydrogen-bond acceptors (Lipinski definition) is 3. The first kappa shape index (κ1) is 17.5. The van der Waals surface area contributed by atoms with Gasteiger partial charge in [0.15, 0.2) is 0 Å². The summed E-state index contributed by atoms with van der Waals surface area (Å²) in [6, 6.07) is -1.03. The van der Waals surface area contributed by atoms with Crippen molar-refractivity contribution in [2.75, 3.05) is 0 Å². The fourth-order valence-corrected chi connectivity index (χ4v) is 2.84. The third-order valence-electron chi connectivity index (χ3n) is 4.05. The van der Waals surface area contributed by atoms with Crippen LogP contribution in [-0.2, 0) is 14.4 Å². The first-order chi connectivity index (χ1) is 9.99. The maximum atomic E-state index is 11.8. The van der Waals surface area contributed by atoms with Gasteiger partial charge in [0, 0.05) is 12.8 Å². The third kappa shape index (κ3) is 7.68. The first-order valence-electron chi connectivity index (χ1n) is 7.79. The number of amides is 2. The molecule has 0 heterocycles. The smallest absolute Gasteiger partial charge is 0.326 e. The Morgan fingerprint density at radius 3 is 2.38 bits per heavy atom. The Morgan fingerprint density at radius 2 is 1.81 bits per heavy atom. The van der Waals surface area contributed by atoms with Gasteiger partial charge in [-0.2, -0.15) is 0 Å². The molecule has 1 rings (SSSR count). The second-order valence-corrected chi connectivity index (χ2v) is 5.86. The van der Waals surface area contributed by atoms with Crippen molar-refractivity contribution in [2.24, 2.45) is 11.7 Å². The second-order valence-electron chi connectivity index (χ2n) is 5.86. The minimum absolute atomic E-state index is 0.0407. The van der Waals surface area contributed by atoms with Crippen molar-refractivity contribution in [3.8, 4) is 0 Å². The Hall–Kier alpha value is -1.59. The molecule has 0 aliphatic heterocycles. The van der Waals surface area contributed by atoms with Gasteiger partial charge in [0.05, 0.1) is 0 Å². The van der Waals surface area contributed by atoms with E-state index >= 15 is 0 Å². The lowest BCUT2D eigenvalue weighted by Gasteiger charge is -2.21. The Morgan fingerprint density at radius 1 is 1.14 bits per heavy atom. The monoisotopic (exact) mass is 298 g/mol. The summed E-state index contributed by atoms with van der Waals surface area (Å²) in [5, 5.41) is 11.5. The minimum atomic E-state index is -1.13. The quantitative estimate of drug-likeness (QED) is 0.600. The van der Waals surface area contributed by atoms with Crippen LogP contribution in [0, 0.1) is 5.92 Å². The summed E-state index contributed by atoms with van der Waals surface area (Å²) in [6.45, 7) is 0. The molecule has 120 valence electrons. The van der Waals surface area contributed by atoms with Crippen molar-refractivity contribution in [3.05, 3.63) is 0 Å². The van der Waals surface area contributed by atoms with Crippen molar-refractivity contribution in [3.63, 3.8) is 0 Å². The SMILES string of the molecule is NC(=O)CC[C@@H](NC(=O)CCCC1CCCCC1)C(=O)O. The van der Waals surface area contributed by atoms with Crippen LogP contribution in [-0.4, -0.2) is 28.9 Å². The molecule has 6 nitrogen and oxygen atoms in total. The molecule has 0 aromatic rings. The molecule has 4 N–H and O–H groups in total. The van der Waals surface area contributed by atoms with Gasteiger partial charge in [-0.05, 0) is 25.2 Å². The molecule has 0 bridgehead atoms. The van der Waals surface area contributed by atoms with Crippen molar-refractivity contribution >= 4 is 17.8 Å². The lowest BCUT2D eigenvalue weighted by molar-refractivity contribution is -0.142.